The van der Waals surface area contributed by atoms with Crippen molar-refractivity contribution in [1.82, 2.24) is 5.32 Å². The topological polar surface area (TPSA) is 58.6 Å². The van der Waals surface area contributed by atoms with Gasteiger partial charge in [-0.15, -0.1) is 0 Å². The summed E-state index contributed by atoms with van der Waals surface area (Å²) < 4.78 is 5.10. The Hall–Kier alpha value is -2.75. The third kappa shape index (κ3) is 4.98. The van der Waals surface area contributed by atoms with Gasteiger partial charge in [-0.05, 0) is 35.7 Å². The number of carbonyl (C=O) groups excluding carboxylic acids is 1. The number of hydrogen-bond acceptors (Lipinski definition) is 3. The van der Waals surface area contributed by atoms with Crippen LogP contribution in [0, 0.1) is 6.92 Å². The minimum Gasteiger partial charge on any atom is -0.508 e. The molecule has 4 nitrogen and oxygen atoms in total. The molecule has 0 saturated heterocycles. The number of carbonyl (C=O) groups is 1. The average molecular weight is 297 g/mol. The molecule has 114 valence electrons. The van der Waals surface area contributed by atoms with Crippen molar-refractivity contribution in [3.05, 3.63) is 71.3 Å². The van der Waals surface area contributed by atoms with Crippen molar-refractivity contribution < 1.29 is 14.6 Å². The van der Waals surface area contributed by atoms with Crippen LogP contribution in [0.3, 0.4) is 0 Å². The van der Waals surface area contributed by atoms with Gasteiger partial charge in [-0.3, -0.25) is 0 Å². The maximum atomic E-state index is 11.5. The third-order valence-electron chi connectivity index (χ3n) is 3.11. The molecule has 2 N–H and O–H groups in total. The highest BCUT2D eigenvalue weighted by Crippen LogP contribution is 2.17. The van der Waals surface area contributed by atoms with Gasteiger partial charge in [0, 0.05) is 6.54 Å². The number of benzene rings is 2. The van der Waals surface area contributed by atoms with Crippen LogP contribution in [0.1, 0.15) is 16.7 Å². The summed E-state index contributed by atoms with van der Waals surface area (Å²) in [5, 5.41) is 12.1. The summed E-state index contributed by atoms with van der Waals surface area (Å²) in [6.45, 7) is 2.48. The third-order valence-corrected chi connectivity index (χ3v) is 3.11. The zero-order valence-corrected chi connectivity index (χ0v) is 12.5. The summed E-state index contributed by atoms with van der Waals surface area (Å²) in [7, 11) is 0. The van der Waals surface area contributed by atoms with E-state index in [-0.39, 0.29) is 12.4 Å². The first kappa shape index (κ1) is 15.6. The van der Waals surface area contributed by atoms with E-state index >= 15 is 0 Å². The minimum atomic E-state index is -0.449. The number of hydrogen-bond donors (Lipinski definition) is 2. The second kappa shape index (κ2) is 7.88. The molecule has 0 spiro atoms. The summed E-state index contributed by atoms with van der Waals surface area (Å²) in [5.41, 5.74) is 2.74. The monoisotopic (exact) mass is 297 g/mol. The van der Waals surface area contributed by atoms with Crippen LogP contribution in [0.5, 0.6) is 5.75 Å². The Morgan fingerprint density at radius 2 is 2.00 bits per heavy atom. The van der Waals surface area contributed by atoms with Gasteiger partial charge in [-0.25, -0.2) is 4.79 Å². The van der Waals surface area contributed by atoms with E-state index in [9.17, 15) is 9.90 Å². The van der Waals surface area contributed by atoms with Crippen molar-refractivity contribution in [3.8, 4) is 5.75 Å². The highest BCUT2D eigenvalue weighted by atomic mass is 16.5. The first-order chi connectivity index (χ1) is 10.6. The minimum absolute atomic E-state index is 0.257. The maximum absolute atomic E-state index is 11.5. The molecule has 0 aliphatic carbocycles. The highest BCUT2D eigenvalue weighted by molar-refractivity contribution is 5.67. The van der Waals surface area contributed by atoms with E-state index in [0.717, 1.165) is 16.7 Å². The smallest absolute Gasteiger partial charge is 0.407 e. The van der Waals surface area contributed by atoms with Gasteiger partial charge in [0.1, 0.15) is 12.4 Å². The number of aryl methyl sites for hydroxylation is 1. The molecule has 0 aliphatic heterocycles. The number of aromatic hydroxyl groups is 1. The van der Waals surface area contributed by atoms with Gasteiger partial charge in [0.2, 0.25) is 0 Å². The Morgan fingerprint density at radius 1 is 1.23 bits per heavy atom. The molecule has 2 aromatic rings. The fraction of sp³-hybridized carbons (Fsp3) is 0.167. The van der Waals surface area contributed by atoms with Crippen LogP contribution >= 0.6 is 0 Å². The molecular weight excluding hydrogens is 278 g/mol. The van der Waals surface area contributed by atoms with Crippen molar-refractivity contribution in [2.75, 3.05) is 6.54 Å². The van der Waals surface area contributed by atoms with E-state index in [1.165, 1.54) is 0 Å². The molecule has 0 unspecified atom stereocenters. The number of nitrogens with one attached hydrogen (secondary N) is 1. The lowest BCUT2D eigenvalue weighted by Gasteiger charge is -2.05. The molecule has 0 radical (unpaired) electrons. The van der Waals surface area contributed by atoms with Gasteiger partial charge in [0.25, 0.3) is 0 Å². The normalized spacial score (nSPS) is 10.6. The van der Waals surface area contributed by atoms with Gasteiger partial charge < -0.3 is 15.2 Å². The molecule has 0 fully saturated rings. The Balaban J connectivity index is 1.72. The molecular formula is C18H19NO3. The Morgan fingerprint density at radius 3 is 2.73 bits per heavy atom. The summed E-state index contributed by atoms with van der Waals surface area (Å²) in [4.78, 5) is 11.5. The van der Waals surface area contributed by atoms with Crippen LogP contribution < -0.4 is 5.32 Å². The number of amides is 1. The zero-order chi connectivity index (χ0) is 15.8. The van der Waals surface area contributed by atoms with Gasteiger partial charge in [0.15, 0.2) is 0 Å². The summed E-state index contributed by atoms with van der Waals surface area (Å²) >= 11 is 0. The Kier molecular flexibility index (Phi) is 5.60. The molecule has 22 heavy (non-hydrogen) atoms. The van der Waals surface area contributed by atoms with Gasteiger partial charge >= 0.3 is 6.09 Å². The van der Waals surface area contributed by atoms with E-state index in [2.05, 4.69) is 5.32 Å². The van der Waals surface area contributed by atoms with Gasteiger partial charge in [-0.1, -0.05) is 48.6 Å². The fourth-order valence-corrected chi connectivity index (χ4v) is 1.89. The summed E-state index contributed by atoms with van der Waals surface area (Å²) in [5.74, 6) is 0.278. The van der Waals surface area contributed by atoms with Crippen LogP contribution in [0.2, 0.25) is 0 Å². The van der Waals surface area contributed by atoms with Crippen molar-refractivity contribution in [2.24, 2.45) is 0 Å². The predicted octanol–water partition coefficient (Wildman–Crippen LogP) is 3.64. The van der Waals surface area contributed by atoms with E-state index in [1.54, 1.807) is 6.07 Å². The van der Waals surface area contributed by atoms with E-state index in [0.29, 0.717) is 6.54 Å². The molecule has 0 bridgehead atoms. The maximum Gasteiger partial charge on any atom is 0.407 e. The SMILES string of the molecule is Cc1cc(C=CCNC(=O)OCc2ccccc2)ccc1O. The molecule has 1 amide bonds. The summed E-state index contributed by atoms with van der Waals surface area (Å²) in [6.07, 6.45) is 3.26. The molecule has 0 atom stereocenters. The standard InChI is InChI=1S/C18H19NO3/c1-14-12-15(9-10-17(14)20)8-5-11-19-18(21)22-13-16-6-3-2-4-7-16/h2-10,12,20H,11,13H2,1H3,(H,19,21). The highest BCUT2D eigenvalue weighted by Gasteiger charge is 2.00. The molecule has 0 aromatic heterocycles. The molecule has 0 aliphatic rings. The van der Waals surface area contributed by atoms with Crippen molar-refractivity contribution in [3.63, 3.8) is 0 Å². The quantitative estimate of drug-likeness (QED) is 0.886. The number of phenolic OH excluding ortho intramolecular Hbond substituents is 1. The Bertz CT molecular complexity index is 651. The van der Waals surface area contributed by atoms with Gasteiger partial charge in [-0.2, -0.15) is 0 Å². The second-order valence-corrected chi connectivity index (χ2v) is 4.89. The Labute approximate surface area is 130 Å². The molecule has 2 rings (SSSR count). The second-order valence-electron chi connectivity index (χ2n) is 4.89. The van der Waals surface area contributed by atoms with E-state index in [4.69, 9.17) is 4.74 Å². The zero-order valence-electron chi connectivity index (χ0n) is 12.5. The van der Waals surface area contributed by atoms with Crippen LogP contribution in [-0.4, -0.2) is 17.7 Å². The molecule has 4 heteroatoms. The van der Waals surface area contributed by atoms with Crippen molar-refractivity contribution in [1.29, 1.82) is 0 Å². The lowest BCUT2D eigenvalue weighted by molar-refractivity contribution is 0.141. The number of phenols is 1. The van der Waals surface area contributed by atoms with Crippen molar-refractivity contribution in [2.45, 2.75) is 13.5 Å². The lowest BCUT2D eigenvalue weighted by atomic mass is 10.1. The van der Waals surface area contributed by atoms with Crippen LogP contribution in [-0.2, 0) is 11.3 Å². The van der Waals surface area contributed by atoms with Crippen molar-refractivity contribution >= 4 is 12.2 Å². The lowest BCUT2D eigenvalue weighted by Crippen LogP contribution is -2.24. The fourth-order valence-electron chi connectivity index (χ4n) is 1.89. The molecule has 0 heterocycles. The van der Waals surface area contributed by atoms with E-state index in [1.807, 2.05) is 61.5 Å². The largest absolute Gasteiger partial charge is 0.508 e. The first-order valence-corrected chi connectivity index (χ1v) is 7.06. The van der Waals surface area contributed by atoms with Gasteiger partial charge in [0.05, 0.1) is 0 Å². The number of rotatable bonds is 5. The number of alkyl carbamates (subject to hydrolysis) is 1. The predicted molar refractivity (Wildman–Crippen MR) is 86.5 cm³/mol. The average Bonchev–Trinajstić information content (AvgIpc) is 2.54. The number of ether oxygens (including phenoxy) is 1. The first-order valence-electron chi connectivity index (χ1n) is 7.06. The summed E-state index contributed by atoms with van der Waals surface area (Å²) in [6, 6.07) is 14.9. The van der Waals surface area contributed by atoms with Crippen LogP contribution in [0.4, 0.5) is 4.79 Å². The molecule has 2 aromatic carbocycles. The molecule has 0 saturated carbocycles. The van der Waals surface area contributed by atoms with E-state index < -0.39 is 6.09 Å². The van der Waals surface area contributed by atoms with Crippen LogP contribution in [0.25, 0.3) is 6.08 Å². The van der Waals surface area contributed by atoms with Crippen LogP contribution in [0.15, 0.2) is 54.6 Å².